The van der Waals surface area contributed by atoms with Crippen LogP contribution in [0.15, 0.2) is 30.5 Å². The van der Waals surface area contributed by atoms with E-state index in [4.69, 9.17) is 0 Å². The monoisotopic (exact) mass is 287 g/mol. The van der Waals surface area contributed by atoms with Crippen molar-refractivity contribution in [2.24, 2.45) is 7.05 Å². The van der Waals surface area contributed by atoms with E-state index in [0.717, 1.165) is 17.8 Å². The first kappa shape index (κ1) is 14.3. The van der Waals surface area contributed by atoms with Crippen molar-refractivity contribution < 1.29 is 4.39 Å². The average Bonchev–Trinajstić information content (AvgIpc) is 3.19. The molecule has 21 heavy (non-hydrogen) atoms. The standard InChI is InChI=1S/C17H22FN3/c1-17(2,13-4-6-14(18)7-5-13)16-12(11-21(3)20-16)10-19-15-8-9-15/h4-7,11,15,19H,8-10H2,1-3H3. The molecule has 0 amide bonds. The van der Waals surface area contributed by atoms with E-state index in [0.29, 0.717) is 6.04 Å². The maximum absolute atomic E-state index is 13.1. The van der Waals surface area contributed by atoms with Crippen LogP contribution in [0.25, 0.3) is 0 Å². The van der Waals surface area contributed by atoms with Gasteiger partial charge in [-0.1, -0.05) is 26.0 Å². The Labute approximate surface area is 125 Å². The van der Waals surface area contributed by atoms with Crippen LogP contribution in [0.2, 0.25) is 0 Å². The van der Waals surface area contributed by atoms with Gasteiger partial charge in [-0.15, -0.1) is 0 Å². The summed E-state index contributed by atoms with van der Waals surface area (Å²) in [7, 11) is 1.95. The lowest BCUT2D eigenvalue weighted by molar-refractivity contribution is 0.577. The molecule has 2 aromatic rings. The summed E-state index contributed by atoms with van der Waals surface area (Å²) in [4.78, 5) is 0. The molecule has 0 radical (unpaired) electrons. The van der Waals surface area contributed by atoms with Gasteiger partial charge in [0.25, 0.3) is 0 Å². The molecular weight excluding hydrogens is 265 g/mol. The number of nitrogens with zero attached hydrogens (tertiary/aromatic N) is 2. The van der Waals surface area contributed by atoms with E-state index in [9.17, 15) is 4.39 Å². The minimum absolute atomic E-state index is 0.203. The van der Waals surface area contributed by atoms with Crippen molar-refractivity contribution in [2.75, 3.05) is 0 Å². The molecular formula is C17H22FN3. The Bertz CT molecular complexity index is 624. The Kier molecular flexibility index (Phi) is 3.57. The van der Waals surface area contributed by atoms with Crippen molar-refractivity contribution in [3.05, 3.63) is 53.1 Å². The van der Waals surface area contributed by atoms with Crippen LogP contribution in [0.5, 0.6) is 0 Å². The second kappa shape index (κ2) is 5.26. The Morgan fingerprint density at radius 2 is 1.95 bits per heavy atom. The van der Waals surface area contributed by atoms with Crippen molar-refractivity contribution in [2.45, 2.75) is 44.7 Å². The smallest absolute Gasteiger partial charge is 0.123 e. The van der Waals surface area contributed by atoms with Crippen molar-refractivity contribution in [1.29, 1.82) is 0 Å². The Morgan fingerprint density at radius 3 is 2.57 bits per heavy atom. The number of benzene rings is 1. The molecule has 0 bridgehead atoms. The predicted molar refractivity (Wildman–Crippen MR) is 81.6 cm³/mol. The molecule has 112 valence electrons. The van der Waals surface area contributed by atoms with Crippen LogP contribution in [0.4, 0.5) is 4.39 Å². The SMILES string of the molecule is Cn1cc(CNC2CC2)c(C(C)(C)c2ccc(F)cc2)n1. The molecule has 0 aliphatic heterocycles. The van der Waals surface area contributed by atoms with E-state index in [1.165, 1.54) is 30.5 Å². The third-order valence-corrected chi connectivity index (χ3v) is 4.22. The molecule has 1 N–H and O–H groups in total. The number of aromatic nitrogens is 2. The highest BCUT2D eigenvalue weighted by atomic mass is 19.1. The van der Waals surface area contributed by atoms with E-state index in [1.54, 1.807) is 0 Å². The summed E-state index contributed by atoms with van der Waals surface area (Å²) >= 11 is 0. The summed E-state index contributed by atoms with van der Waals surface area (Å²) < 4.78 is 15.0. The largest absolute Gasteiger partial charge is 0.310 e. The van der Waals surface area contributed by atoms with Gasteiger partial charge in [-0.25, -0.2) is 4.39 Å². The molecule has 1 heterocycles. The van der Waals surface area contributed by atoms with Crippen LogP contribution < -0.4 is 5.32 Å². The van der Waals surface area contributed by atoms with Gasteiger partial charge in [0.1, 0.15) is 5.82 Å². The van der Waals surface area contributed by atoms with Gasteiger partial charge in [-0.3, -0.25) is 4.68 Å². The second-order valence-corrected chi connectivity index (χ2v) is 6.46. The van der Waals surface area contributed by atoms with Crippen LogP contribution in [0.1, 0.15) is 43.5 Å². The molecule has 1 aromatic heterocycles. The van der Waals surface area contributed by atoms with Crippen LogP contribution in [-0.2, 0) is 19.0 Å². The lowest BCUT2D eigenvalue weighted by Crippen LogP contribution is -2.24. The highest BCUT2D eigenvalue weighted by Gasteiger charge is 2.30. The quantitative estimate of drug-likeness (QED) is 0.915. The van der Waals surface area contributed by atoms with Gasteiger partial charge < -0.3 is 5.32 Å². The predicted octanol–water partition coefficient (Wildman–Crippen LogP) is 3.14. The van der Waals surface area contributed by atoms with E-state index in [-0.39, 0.29) is 11.2 Å². The summed E-state index contributed by atoms with van der Waals surface area (Å²) in [5, 5.41) is 8.21. The van der Waals surface area contributed by atoms with Crippen LogP contribution >= 0.6 is 0 Å². The van der Waals surface area contributed by atoms with Gasteiger partial charge in [0.05, 0.1) is 5.69 Å². The molecule has 0 saturated heterocycles. The fourth-order valence-electron chi connectivity index (χ4n) is 2.74. The van der Waals surface area contributed by atoms with Gasteiger partial charge in [0, 0.05) is 36.8 Å². The molecule has 1 aromatic carbocycles. The van der Waals surface area contributed by atoms with Crippen LogP contribution in [0.3, 0.4) is 0 Å². The van der Waals surface area contributed by atoms with Crippen molar-refractivity contribution in [1.82, 2.24) is 15.1 Å². The maximum atomic E-state index is 13.1. The molecule has 1 fully saturated rings. The van der Waals surface area contributed by atoms with Gasteiger partial charge >= 0.3 is 0 Å². The fraction of sp³-hybridized carbons (Fsp3) is 0.471. The lowest BCUT2D eigenvalue weighted by atomic mass is 9.80. The van der Waals surface area contributed by atoms with Crippen molar-refractivity contribution >= 4 is 0 Å². The molecule has 3 rings (SSSR count). The number of hydrogen-bond donors (Lipinski definition) is 1. The molecule has 1 saturated carbocycles. The topological polar surface area (TPSA) is 29.9 Å². The Morgan fingerprint density at radius 1 is 1.29 bits per heavy atom. The summed E-state index contributed by atoms with van der Waals surface area (Å²) in [5.74, 6) is -0.203. The van der Waals surface area contributed by atoms with Gasteiger partial charge in [-0.2, -0.15) is 5.10 Å². The number of hydrogen-bond acceptors (Lipinski definition) is 2. The first-order chi connectivity index (χ1) is 9.96. The average molecular weight is 287 g/mol. The number of nitrogens with one attached hydrogen (secondary N) is 1. The summed E-state index contributed by atoms with van der Waals surface area (Å²) in [6.07, 6.45) is 4.63. The van der Waals surface area contributed by atoms with E-state index in [2.05, 4.69) is 30.5 Å². The Balaban J connectivity index is 1.91. The normalized spacial score (nSPS) is 15.4. The summed E-state index contributed by atoms with van der Waals surface area (Å²) in [6, 6.07) is 7.40. The lowest BCUT2D eigenvalue weighted by Gasteiger charge is -2.25. The van der Waals surface area contributed by atoms with Gasteiger partial charge in [0.2, 0.25) is 0 Å². The third-order valence-electron chi connectivity index (χ3n) is 4.22. The number of halogens is 1. The first-order valence-electron chi connectivity index (χ1n) is 7.49. The zero-order valence-corrected chi connectivity index (χ0v) is 12.9. The zero-order valence-electron chi connectivity index (χ0n) is 12.9. The molecule has 4 heteroatoms. The minimum atomic E-state index is -0.241. The second-order valence-electron chi connectivity index (χ2n) is 6.46. The zero-order chi connectivity index (χ0) is 15.0. The number of rotatable bonds is 5. The highest BCUT2D eigenvalue weighted by Crippen LogP contribution is 2.33. The van der Waals surface area contributed by atoms with Crippen molar-refractivity contribution in [3.63, 3.8) is 0 Å². The molecule has 0 atom stereocenters. The van der Waals surface area contributed by atoms with E-state index < -0.39 is 0 Å². The van der Waals surface area contributed by atoms with E-state index in [1.807, 2.05) is 23.9 Å². The first-order valence-corrected chi connectivity index (χ1v) is 7.49. The van der Waals surface area contributed by atoms with Crippen LogP contribution in [-0.4, -0.2) is 15.8 Å². The maximum Gasteiger partial charge on any atom is 0.123 e. The van der Waals surface area contributed by atoms with Crippen LogP contribution in [0, 0.1) is 5.82 Å². The summed E-state index contributed by atoms with van der Waals surface area (Å²) in [6.45, 7) is 5.13. The summed E-state index contributed by atoms with van der Waals surface area (Å²) in [5.41, 5.74) is 3.12. The highest BCUT2D eigenvalue weighted by molar-refractivity contribution is 5.37. The molecule has 1 aliphatic rings. The van der Waals surface area contributed by atoms with Gasteiger partial charge in [-0.05, 0) is 30.5 Å². The van der Waals surface area contributed by atoms with Gasteiger partial charge in [0.15, 0.2) is 0 Å². The minimum Gasteiger partial charge on any atom is -0.310 e. The molecule has 0 unspecified atom stereocenters. The Hall–Kier alpha value is -1.68. The molecule has 1 aliphatic carbocycles. The van der Waals surface area contributed by atoms with E-state index >= 15 is 0 Å². The van der Waals surface area contributed by atoms with Crippen molar-refractivity contribution in [3.8, 4) is 0 Å². The molecule has 3 nitrogen and oxygen atoms in total. The third kappa shape index (κ3) is 3.00. The molecule has 0 spiro atoms. The number of aryl methyl sites for hydroxylation is 1. The fourth-order valence-corrected chi connectivity index (χ4v) is 2.74.